The van der Waals surface area contributed by atoms with Crippen LogP contribution in [-0.4, -0.2) is 54.6 Å². The molecule has 2 fully saturated rings. The van der Waals surface area contributed by atoms with Crippen molar-refractivity contribution in [1.82, 2.24) is 15.1 Å². The minimum absolute atomic E-state index is 0.0539. The van der Waals surface area contributed by atoms with Crippen molar-refractivity contribution in [3.05, 3.63) is 65.7 Å². The molecule has 0 aromatic heterocycles. The SMILES string of the molecule is O=C(Nc1ccc(C2CCN(C(=O)[C@H]3CCOC3)CC2)cc1)N1C=C2C=CNC=C2C1. The van der Waals surface area contributed by atoms with Crippen molar-refractivity contribution in [1.29, 1.82) is 0 Å². The van der Waals surface area contributed by atoms with Crippen LogP contribution >= 0.6 is 0 Å². The third-order valence-electron chi connectivity index (χ3n) is 6.60. The van der Waals surface area contributed by atoms with Crippen molar-refractivity contribution in [2.24, 2.45) is 5.92 Å². The summed E-state index contributed by atoms with van der Waals surface area (Å²) in [6.07, 6.45) is 10.4. The molecule has 31 heavy (non-hydrogen) atoms. The average Bonchev–Trinajstić information content (AvgIpc) is 3.49. The predicted molar refractivity (Wildman–Crippen MR) is 118 cm³/mol. The van der Waals surface area contributed by atoms with E-state index in [2.05, 4.69) is 22.8 Å². The zero-order valence-corrected chi connectivity index (χ0v) is 17.5. The van der Waals surface area contributed by atoms with Gasteiger partial charge in [0.1, 0.15) is 0 Å². The average molecular weight is 421 g/mol. The number of allylic oxidation sites excluding steroid dienone is 1. The normalized spacial score (nSPS) is 23.2. The number of carbonyl (C=O) groups excluding carboxylic acids is 2. The van der Waals surface area contributed by atoms with E-state index in [1.54, 1.807) is 4.90 Å². The molecule has 0 aliphatic carbocycles. The van der Waals surface area contributed by atoms with E-state index in [-0.39, 0.29) is 17.9 Å². The van der Waals surface area contributed by atoms with Crippen molar-refractivity contribution >= 4 is 17.6 Å². The maximum Gasteiger partial charge on any atom is 0.326 e. The number of piperidine rings is 1. The van der Waals surface area contributed by atoms with Crippen LogP contribution in [0.1, 0.15) is 30.7 Å². The minimum Gasteiger partial charge on any atom is -0.381 e. The number of amides is 3. The fourth-order valence-electron chi connectivity index (χ4n) is 4.72. The van der Waals surface area contributed by atoms with E-state index in [0.717, 1.165) is 49.2 Å². The van der Waals surface area contributed by atoms with Gasteiger partial charge in [-0.05, 0) is 60.1 Å². The lowest BCUT2D eigenvalue weighted by atomic mass is 9.89. The third kappa shape index (κ3) is 4.23. The highest BCUT2D eigenvalue weighted by molar-refractivity contribution is 5.91. The van der Waals surface area contributed by atoms with Gasteiger partial charge in [-0.3, -0.25) is 9.69 Å². The van der Waals surface area contributed by atoms with E-state index in [0.29, 0.717) is 25.7 Å². The van der Waals surface area contributed by atoms with Gasteiger partial charge in [0, 0.05) is 44.0 Å². The van der Waals surface area contributed by atoms with E-state index in [1.165, 1.54) is 5.56 Å². The molecule has 2 saturated heterocycles. The van der Waals surface area contributed by atoms with Gasteiger partial charge in [0.15, 0.2) is 0 Å². The highest BCUT2D eigenvalue weighted by atomic mass is 16.5. The van der Waals surface area contributed by atoms with Gasteiger partial charge in [-0.2, -0.15) is 0 Å². The number of likely N-dealkylation sites (tertiary alicyclic amines) is 1. The molecule has 4 aliphatic rings. The summed E-state index contributed by atoms with van der Waals surface area (Å²) in [6, 6.07) is 8.00. The van der Waals surface area contributed by atoms with Gasteiger partial charge in [-0.1, -0.05) is 12.1 Å². The Morgan fingerprint density at radius 2 is 1.90 bits per heavy atom. The first-order valence-electron chi connectivity index (χ1n) is 11.1. The molecule has 0 spiro atoms. The van der Waals surface area contributed by atoms with Crippen molar-refractivity contribution in [3.63, 3.8) is 0 Å². The van der Waals surface area contributed by atoms with Gasteiger partial charge in [-0.15, -0.1) is 0 Å². The zero-order valence-electron chi connectivity index (χ0n) is 17.5. The quantitative estimate of drug-likeness (QED) is 0.788. The number of urea groups is 1. The summed E-state index contributed by atoms with van der Waals surface area (Å²) in [7, 11) is 0. The van der Waals surface area contributed by atoms with Crippen LogP contribution < -0.4 is 10.6 Å². The molecule has 0 saturated carbocycles. The summed E-state index contributed by atoms with van der Waals surface area (Å²) < 4.78 is 5.36. The molecule has 7 nitrogen and oxygen atoms in total. The molecule has 4 heterocycles. The number of nitrogens with zero attached hydrogens (tertiary/aromatic N) is 2. The highest BCUT2D eigenvalue weighted by Crippen LogP contribution is 2.30. The van der Waals surface area contributed by atoms with Crippen LogP contribution in [0.15, 0.2) is 60.1 Å². The Kier molecular flexibility index (Phi) is 5.51. The second-order valence-electron chi connectivity index (χ2n) is 8.59. The Morgan fingerprint density at radius 3 is 2.61 bits per heavy atom. The maximum atomic E-state index is 12.6. The molecule has 0 unspecified atom stereocenters. The second-order valence-corrected chi connectivity index (χ2v) is 8.59. The number of benzene rings is 1. The molecule has 0 radical (unpaired) electrons. The molecule has 7 heteroatoms. The summed E-state index contributed by atoms with van der Waals surface area (Å²) in [6.45, 7) is 3.46. The number of nitrogens with one attached hydrogen (secondary N) is 2. The van der Waals surface area contributed by atoms with Crippen LogP contribution in [0.4, 0.5) is 10.5 Å². The standard InChI is InChI=1S/C24H28N4O3/c29-23(20-8-12-31-16-20)27-10-6-18(7-11-27)17-1-3-22(4-2-17)26-24(30)28-14-19-5-9-25-13-21(19)15-28/h1-5,9,13-14,18,20,25H,6-8,10-12,15-16H2,(H,26,30)/t20-/m0/s1. The first kappa shape index (κ1) is 19.9. The van der Waals surface area contributed by atoms with E-state index < -0.39 is 0 Å². The molecule has 1 aromatic carbocycles. The summed E-state index contributed by atoms with van der Waals surface area (Å²) in [4.78, 5) is 28.9. The fraction of sp³-hybridized carbons (Fsp3) is 0.417. The minimum atomic E-state index is -0.133. The number of anilines is 1. The Bertz CT molecular complexity index is 936. The van der Waals surface area contributed by atoms with E-state index >= 15 is 0 Å². The molecule has 162 valence electrons. The summed E-state index contributed by atoms with van der Waals surface area (Å²) in [5.41, 5.74) is 4.23. The Labute approximate surface area is 182 Å². The summed E-state index contributed by atoms with van der Waals surface area (Å²) >= 11 is 0. The topological polar surface area (TPSA) is 73.9 Å². The second kappa shape index (κ2) is 8.59. The van der Waals surface area contributed by atoms with Gasteiger partial charge in [0.25, 0.3) is 0 Å². The van der Waals surface area contributed by atoms with Gasteiger partial charge in [0.05, 0.1) is 19.1 Å². The van der Waals surface area contributed by atoms with Crippen LogP contribution in [0, 0.1) is 5.92 Å². The number of hydrogen-bond donors (Lipinski definition) is 2. The maximum absolute atomic E-state index is 12.6. The smallest absolute Gasteiger partial charge is 0.326 e. The largest absolute Gasteiger partial charge is 0.381 e. The molecular formula is C24H28N4O3. The first-order valence-corrected chi connectivity index (χ1v) is 11.1. The molecule has 3 amide bonds. The Balaban J connectivity index is 1.14. The monoisotopic (exact) mass is 420 g/mol. The molecule has 1 aromatic rings. The van der Waals surface area contributed by atoms with E-state index in [4.69, 9.17) is 4.74 Å². The van der Waals surface area contributed by atoms with Gasteiger partial charge in [-0.25, -0.2) is 4.79 Å². The highest BCUT2D eigenvalue weighted by Gasteiger charge is 2.31. The molecule has 0 bridgehead atoms. The first-order chi connectivity index (χ1) is 15.2. The summed E-state index contributed by atoms with van der Waals surface area (Å²) in [5, 5.41) is 6.04. The van der Waals surface area contributed by atoms with Gasteiger partial charge >= 0.3 is 6.03 Å². The van der Waals surface area contributed by atoms with Gasteiger partial charge < -0.3 is 20.3 Å². The van der Waals surface area contributed by atoms with Gasteiger partial charge in [0.2, 0.25) is 5.91 Å². The van der Waals surface area contributed by atoms with Crippen molar-refractivity contribution in [3.8, 4) is 0 Å². The number of carbonyl (C=O) groups is 2. The predicted octanol–water partition coefficient (Wildman–Crippen LogP) is 3.16. The molecule has 2 N–H and O–H groups in total. The third-order valence-corrected chi connectivity index (χ3v) is 6.60. The van der Waals surface area contributed by atoms with Crippen LogP contribution in [0.25, 0.3) is 0 Å². The van der Waals surface area contributed by atoms with Crippen LogP contribution in [0.2, 0.25) is 0 Å². The molecule has 4 aliphatic heterocycles. The Hall–Kier alpha value is -3.06. The van der Waals surface area contributed by atoms with E-state index in [1.807, 2.05) is 41.7 Å². The fourth-order valence-corrected chi connectivity index (χ4v) is 4.72. The molecule has 5 rings (SSSR count). The van der Waals surface area contributed by atoms with Crippen LogP contribution in [0.5, 0.6) is 0 Å². The summed E-state index contributed by atoms with van der Waals surface area (Å²) in [5.74, 6) is 0.761. The molecule has 1 atom stereocenters. The lowest BCUT2D eigenvalue weighted by molar-refractivity contribution is -0.136. The number of ether oxygens (including phenoxy) is 1. The number of hydrogen-bond acceptors (Lipinski definition) is 4. The van der Waals surface area contributed by atoms with Crippen LogP contribution in [-0.2, 0) is 9.53 Å². The van der Waals surface area contributed by atoms with Crippen molar-refractivity contribution in [2.75, 3.05) is 38.2 Å². The van der Waals surface area contributed by atoms with Crippen molar-refractivity contribution in [2.45, 2.75) is 25.2 Å². The molecular weight excluding hydrogens is 392 g/mol. The Morgan fingerprint density at radius 1 is 1.10 bits per heavy atom. The number of dihydropyridines is 1. The van der Waals surface area contributed by atoms with Crippen LogP contribution in [0.3, 0.4) is 0 Å². The number of fused-ring (bicyclic) bond motifs is 1. The number of rotatable bonds is 3. The van der Waals surface area contributed by atoms with E-state index in [9.17, 15) is 9.59 Å². The lowest BCUT2D eigenvalue weighted by Gasteiger charge is -2.33. The van der Waals surface area contributed by atoms with Crippen molar-refractivity contribution < 1.29 is 14.3 Å². The zero-order chi connectivity index (χ0) is 21.2. The lowest BCUT2D eigenvalue weighted by Crippen LogP contribution is -2.41.